The van der Waals surface area contributed by atoms with E-state index in [2.05, 4.69) is 4.90 Å². The van der Waals surface area contributed by atoms with Crippen LogP contribution in [0, 0.1) is 0 Å². The highest BCUT2D eigenvalue weighted by Gasteiger charge is 2.09. The summed E-state index contributed by atoms with van der Waals surface area (Å²) >= 11 is 6.15. The first kappa shape index (κ1) is 13.0. The van der Waals surface area contributed by atoms with Gasteiger partial charge in [0, 0.05) is 29.9 Å². The van der Waals surface area contributed by atoms with Crippen LogP contribution in [0.15, 0.2) is 41.2 Å². The van der Waals surface area contributed by atoms with Gasteiger partial charge in [0.15, 0.2) is 0 Å². The molecule has 0 aliphatic rings. The van der Waals surface area contributed by atoms with Gasteiger partial charge in [0.05, 0.1) is 18.6 Å². The minimum atomic E-state index is -0.550. The molecule has 0 amide bonds. The lowest BCUT2D eigenvalue weighted by atomic mass is 10.1. The van der Waals surface area contributed by atoms with E-state index in [1.54, 1.807) is 19.5 Å². The lowest BCUT2D eigenvalue weighted by Crippen LogP contribution is -2.16. The van der Waals surface area contributed by atoms with Gasteiger partial charge in [0.2, 0.25) is 0 Å². The Morgan fingerprint density at radius 3 is 2.72 bits per heavy atom. The third-order valence-electron chi connectivity index (χ3n) is 2.87. The van der Waals surface area contributed by atoms with Gasteiger partial charge < -0.3 is 14.4 Å². The van der Waals surface area contributed by atoms with Crippen LogP contribution in [0.4, 0.5) is 5.69 Å². The second-order valence-electron chi connectivity index (χ2n) is 4.37. The van der Waals surface area contributed by atoms with E-state index in [-0.39, 0.29) is 0 Å². The number of nitrogens with zero attached hydrogens (tertiary/aromatic N) is 1. The Morgan fingerprint density at radius 1 is 1.39 bits per heavy atom. The molecule has 1 aromatic heterocycles. The van der Waals surface area contributed by atoms with E-state index in [4.69, 9.17) is 16.0 Å². The molecule has 0 saturated carbocycles. The fourth-order valence-electron chi connectivity index (χ4n) is 1.84. The van der Waals surface area contributed by atoms with Crippen LogP contribution in [-0.2, 0) is 6.54 Å². The number of anilines is 1. The number of rotatable bonds is 4. The predicted molar refractivity (Wildman–Crippen MR) is 72.9 cm³/mol. The van der Waals surface area contributed by atoms with E-state index < -0.39 is 6.10 Å². The van der Waals surface area contributed by atoms with E-state index in [1.165, 1.54) is 0 Å². The monoisotopic (exact) mass is 265 g/mol. The third-order valence-corrected chi connectivity index (χ3v) is 3.20. The van der Waals surface area contributed by atoms with E-state index in [1.807, 2.05) is 31.3 Å². The van der Waals surface area contributed by atoms with Crippen molar-refractivity contribution in [2.75, 3.05) is 11.9 Å². The first-order valence-corrected chi connectivity index (χ1v) is 6.15. The normalized spacial score (nSPS) is 12.4. The van der Waals surface area contributed by atoms with Crippen LogP contribution < -0.4 is 4.90 Å². The predicted octanol–water partition coefficient (Wildman–Crippen LogP) is 3.62. The second-order valence-corrected chi connectivity index (χ2v) is 4.78. The molecule has 3 nitrogen and oxygen atoms in total. The summed E-state index contributed by atoms with van der Waals surface area (Å²) < 4.78 is 5.04. The summed E-state index contributed by atoms with van der Waals surface area (Å²) in [5, 5.41) is 10.1. The Bertz CT molecular complexity index is 509. The van der Waals surface area contributed by atoms with Crippen molar-refractivity contribution in [3.63, 3.8) is 0 Å². The highest BCUT2D eigenvalue weighted by atomic mass is 35.5. The molecular weight excluding hydrogens is 250 g/mol. The van der Waals surface area contributed by atoms with Gasteiger partial charge in [0.1, 0.15) is 0 Å². The molecule has 1 aromatic carbocycles. The van der Waals surface area contributed by atoms with Crippen molar-refractivity contribution in [2.45, 2.75) is 19.6 Å². The first-order valence-electron chi connectivity index (χ1n) is 5.77. The SMILES string of the molecule is CC(O)c1ccc(N(C)Cc2ccoc2)cc1Cl. The zero-order chi connectivity index (χ0) is 13.1. The molecule has 1 atom stereocenters. The zero-order valence-electron chi connectivity index (χ0n) is 10.4. The number of halogens is 1. The highest BCUT2D eigenvalue weighted by Crippen LogP contribution is 2.28. The van der Waals surface area contributed by atoms with Gasteiger partial charge in [-0.25, -0.2) is 0 Å². The van der Waals surface area contributed by atoms with Crippen LogP contribution in [0.2, 0.25) is 5.02 Å². The van der Waals surface area contributed by atoms with Gasteiger partial charge in [-0.15, -0.1) is 0 Å². The van der Waals surface area contributed by atoms with Gasteiger partial charge in [-0.2, -0.15) is 0 Å². The Labute approximate surface area is 112 Å². The van der Waals surface area contributed by atoms with Crippen LogP contribution >= 0.6 is 11.6 Å². The summed E-state index contributed by atoms with van der Waals surface area (Å²) in [6, 6.07) is 7.61. The molecule has 2 aromatic rings. The van der Waals surface area contributed by atoms with Crippen molar-refractivity contribution in [3.05, 3.63) is 52.9 Å². The van der Waals surface area contributed by atoms with E-state index in [0.29, 0.717) is 5.02 Å². The number of aliphatic hydroxyl groups is 1. The minimum absolute atomic E-state index is 0.550. The summed E-state index contributed by atoms with van der Waals surface area (Å²) in [5.41, 5.74) is 2.86. The average molecular weight is 266 g/mol. The molecule has 0 aliphatic carbocycles. The van der Waals surface area contributed by atoms with Gasteiger partial charge in [-0.05, 0) is 30.7 Å². The number of hydrogen-bond donors (Lipinski definition) is 1. The first-order chi connectivity index (χ1) is 8.58. The Balaban J connectivity index is 2.16. The van der Waals surface area contributed by atoms with Gasteiger partial charge in [-0.1, -0.05) is 17.7 Å². The maximum atomic E-state index is 9.53. The van der Waals surface area contributed by atoms with Crippen molar-refractivity contribution in [2.24, 2.45) is 0 Å². The molecule has 0 bridgehead atoms. The molecule has 0 fully saturated rings. The topological polar surface area (TPSA) is 36.6 Å². The molecule has 2 rings (SSSR count). The molecule has 1 N–H and O–H groups in total. The molecule has 1 heterocycles. The van der Waals surface area contributed by atoms with Crippen LogP contribution in [-0.4, -0.2) is 12.2 Å². The van der Waals surface area contributed by atoms with E-state index in [0.717, 1.165) is 23.4 Å². The van der Waals surface area contributed by atoms with Crippen LogP contribution in [0.3, 0.4) is 0 Å². The summed E-state index contributed by atoms with van der Waals surface area (Å²) in [6.07, 6.45) is 2.83. The van der Waals surface area contributed by atoms with Crippen molar-refractivity contribution < 1.29 is 9.52 Å². The number of hydrogen-bond acceptors (Lipinski definition) is 3. The average Bonchev–Trinajstić information content (AvgIpc) is 2.81. The highest BCUT2D eigenvalue weighted by molar-refractivity contribution is 6.31. The lowest BCUT2D eigenvalue weighted by molar-refractivity contribution is 0.199. The summed E-state index contributed by atoms with van der Waals surface area (Å²) in [7, 11) is 1.99. The van der Waals surface area contributed by atoms with Gasteiger partial charge in [0.25, 0.3) is 0 Å². The van der Waals surface area contributed by atoms with Crippen LogP contribution in [0.25, 0.3) is 0 Å². The number of benzene rings is 1. The van der Waals surface area contributed by atoms with Crippen molar-refractivity contribution in [3.8, 4) is 0 Å². The smallest absolute Gasteiger partial charge is 0.0952 e. The Morgan fingerprint density at radius 2 is 2.17 bits per heavy atom. The molecule has 18 heavy (non-hydrogen) atoms. The molecule has 1 unspecified atom stereocenters. The van der Waals surface area contributed by atoms with Crippen molar-refractivity contribution in [1.29, 1.82) is 0 Å². The molecule has 0 saturated heterocycles. The third kappa shape index (κ3) is 2.86. The molecule has 4 heteroatoms. The van der Waals surface area contributed by atoms with Crippen molar-refractivity contribution >= 4 is 17.3 Å². The fraction of sp³-hybridized carbons (Fsp3) is 0.286. The van der Waals surface area contributed by atoms with Gasteiger partial charge >= 0.3 is 0 Å². The summed E-state index contributed by atoms with van der Waals surface area (Å²) in [5.74, 6) is 0. The standard InChI is InChI=1S/C14H16ClNO2/c1-10(17)13-4-3-12(7-14(13)15)16(2)8-11-5-6-18-9-11/h3-7,9-10,17H,8H2,1-2H3. The second kappa shape index (κ2) is 5.46. The molecule has 0 radical (unpaired) electrons. The quantitative estimate of drug-likeness (QED) is 0.917. The summed E-state index contributed by atoms with van der Waals surface area (Å²) in [4.78, 5) is 2.07. The Kier molecular flexibility index (Phi) is 3.94. The fourth-order valence-corrected chi connectivity index (χ4v) is 2.17. The molecular formula is C14H16ClNO2. The summed E-state index contributed by atoms with van der Waals surface area (Å²) in [6.45, 7) is 2.46. The maximum absolute atomic E-state index is 9.53. The Hall–Kier alpha value is -1.45. The van der Waals surface area contributed by atoms with Gasteiger partial charge in [-0.3, -0.25) is 0 Å². The van der Waals surface area contributed by atoms with Crippen molar-refractivity contribution in [1.82, 2.24) is 0 Å². The molecule has 96 valence electrons. The van der Waals surface area contributed by atoms with Crippen LogP contribution in [0.5, 0.6) is 0 Å². The molecule has 0 spiro atoms. The zero-order valence-corrected chi connectivity index (χ0v) is 11.2. The van der Waals surface area contributed by atoms with E-state index >= 15 is 0 Å². The minimum Gasteiger partial charge on any atom is -0.472 e. The largest absolute Gasteiger partial charge is 0.472 e. The maximum Gasteiger partial charge on any atom is 0.0952 e. The van der Waals surface area contributed by atoms with Crippen LogP contribution in [0.1, 0.15) is 24.2 Å². The molecule has 0 aliphatic heterocycles. The number of aliphatic hydroxyl groups excluding tert-OH is 1. The number of furan rings is 1. The lowest BCUT2D eigenvalue weighted by Gasteiger charge is -2.20. The van der Waals surface area contributed by atoms with E-state index in [9.17, 15) is 5.11 Å².